The van der Waals surface area contributed by atoms with Crippen LogP contribution >= 0.6 is 11.6 Å². The molecule has 146 valence electrons. The van der Waals surface area contributed by atoms with Crippen molar-refractivity contribution in [3.05, 3.63) is 29.3 Å². The topological polar surface area (TPSA) is 64.1 Å². The van der Waals surface area contributed by atoms with Crippen LogP contribution in [0, 0.1) is 0 Å². The fraction of sp³-hybridized carbons (Fsp3) is 0.632. The standard InChI is InChI=1S/C19H30ClN3O3/c1-3-21-19(22-9-5-10-25-18-8-11-24-14-18)23-13-15(2)26-17-7-4-6-16(20)12-17/h4,6-7,12,15,18H,3,5,8-11,13-14H2,1-2H3,(H2,21,22,23). The van der Waals surface area contributed by atoms with E-state index < -0.39 is 0 Å². The van der Waals surface area contributed by atoms with E-state index >= 15 is 0 Å². The second kappa shape index (κ2) is 12.0. The summed E-state index contributed by atoms with van der Waals surface area (Å²) in [5, 5.41) is 7.24. The minimum atomic E-state index is -0.0466. The van der Waals surface area contributed by atoms with Crippen LogP contribution in [0.1, 0.15) is 26.7 Å². The maximum Gasteiger partial charge on any atom is 0.191 e. The first-order valence-electron chi connectivity index (χ1n) is 9.31. The van der Waals surface area contributed by atoms with Gasteiger partial charge in [-0.3, -0.25) is 0 Å². The Bertz CT molecular complexity index is 551. The molecule has 1 saturated heterocycles. The van der Waals surface area contributed by atoms with Crippen molar-refractivity contribution < 1.29 is 14.2 Å². The van der Waals surface area contributed by atoms with Gasteiger partial charge in [0.05, 0.1) is 19.3 Å². The van der Waals surface area contributed by atoms with Crippen LogP contribution in [0.5, 0.6) is 5.75 Å². The van der Waals surface area contributed by atoms with Crippen molar-refractivity contribution in [2.75, 3.05) is 39.5 Å². The van der Waals surface area contributed by atoms with Crippen LogP contribution in [0.2, 0.25) is 5.02 Å². The zero-order valence-corrected chi connectivity index (χ0v) is 16.4. The van der Waals surface area contributed by atoms with Crippen molar-refractivity contribution in [1.82, 2.24) is 10.6 Å². The molecule has 1 heterocycles. The first kappa shape index (κ1) is 20.8. The van der Waals surface area contributed by atoms with E-state index in [1.807, 2.05) is 32.0 Å². The molecule has 0 spiro atoms. The molecule has 2 rings (SSSR count). The van der Waals surface area contributed by atoms with Crippen molar-refractivity contribution >= 4 is 17.6 Å². The monoisotopic (exact) mass is 383 g/mol. The fourth-order valence-corrected chi connectivity index (χ4v) is 2.73. The number of rotatable bonds is 10. The summed E-state index contributed by atoms with van der Waals surface area (Å²) in [5.74, 6) is 1.55. The summed E-state index contributed by atoms with van der Waals surface area (Å²) in [5.41, 5.74) is 0. The van der Waals surface area contributed by atoms with E-state index in [-0.39, 0.29) is 12.2 Å². The van der Waals surface area contributed by atoms with Crippen LogP contribution in [0.15, 0.2) is 29.3 Å². The second-order valence-electron chi connectivity index (χ2n) is 6.24. The van der Waals surface area contributed by atoms with Gasteiger partial charge in [-0.25, -0.2) is 4.99 Å². The molecule has 1 aliphatic heterocycles. The van der Waals surface area contributed by atoms with Crippen molar-refractivity contribution in [3.8, 4) is 5.75 Å². The molecule has 2 atom stereocenters. The van der Waals surface area contributed by atoms with E-state index in [0.29, 0.717) is 11.6 Å². The third-order valence-corrected chi connectivity index (χ3v) is 4.07. The van der Waals surface area contributed by atoms with Gasteiger partial charge in [0.2, 0.25) is 0 Å². The summed E-state index contributed by atoms with van der Waals surface area (Å²) in [6, 6.07) is 7.40. The van der Waals surface area contributed by atoms with Crippen LogP contribution in [-0.4, -0.2) is 57.6 Å². The van der Waals surface area contributed by atoms with Gasteiger partial charge in [-0.2, -0.15) is 0 Å². The summed E-state index contributed by atoms with van der Waals surface area (Å²) in [4.78, 5) is 4.58. The largest absolute Gasteiger partial charge is 0.489 e. The average molecular weight is 384 g/mol. The van der Waals surface area contributed by atoms with Gasteiger partial charge in [-0.05, 0) is 44.9 Å². The van der Waals surface area contributed by atoms with Gasteiger partial charge < -0.3 is 24.8 Å². The lowest BCUT2D eigenvalue weighted by molar-refractivity contribution is 0.0420. The van der Waals surface area contributed by atoms with Gasteiger partial charge >= 0.3 is 0 Å². The number of nitrogens with zero attached hydrogens (tertiary/aromatic N) is 1. The Morgan fingerprint density at radius 1 is 1.42 bits per heavy atom. The third-order valence-electron chi connectivity index (χ3n) is 3.84. The molecule has 0 bridgehead atoms. The number of hydrogen-bond acceptors (Lipinski definition) is 4. The number of benzene rings is 1. The third kappa shape index (κ3) is 8.25. The molecule has 0 aliphatic carbocycles. The first-order chi connectivity index (χ1) is 12.7. The van der Waals surface area contributed by atoms with Crippen molar-refractivity contribution in [3.63, 3.8) is 0 Å². The SMILES string of the molecule is CCNC(=NCC(C)Oc1cccc(Cl)c1)NCCCOC1CCOC1. The fourth-order valence-electron chi connectivity index (χ4n) is 2.54. The van der Waals surface area contributed by atoms with Crippen LogP contribution in [0.4, 0.5) is 0 Å². The Morgan fingerprint density at radius 3 is 3.04 bits per heavy atom. The zero-order chi connectivity index (χ0) is 18.6. The molecule has 2 unspecified atom stereocenters. The Morgan fingerprint density at radius 2 is 2.31 bits per heavy atom. The zero-order valence-electron chi connectivity index (χ0n) is 15.7. The van der Waals surface area contributed by atoms with Gasteiger partial charge in [-0.1, -0.05) is 17.7 Å². The maximum atomic E-state index is 5.98. The second-order valence-corrected chi connectivity index (χ2v) is 6.68. The molecule has 0 radical (unpaired) electrons. The molecule has 0 amide bonds. The lowest BCUT2D eigenvalue weighted by Gasteiger charge is -2.15. The number of aliphatic imine (C=N–C) groups is 1. The summed E-state index contributed by atoms with van der Waals surface area (Å²) in [7, 11) is 0. The molecule has 7 heteroatoms. The van der Waals surface area contributed by atoms with Gasteiger partial charge in [-0.15, -0.1) is 0 Å². The first-order valence-corrected chi connectivity index (χ1v) is 9.69. The highest BCUT2D eigenvalue weighted by molar-refractivity contribution is 6.30. The van der Waals surface area contributed by atoms with Crippen LogP contribution in [0.3, 0.4) is 0 Å². The molecule has 1 aromatic carbocycles. The Labute approximate surface area is 161 Å². The predicted octanol–water partition coefficient (Wildman–Crippen LogP) is 2.86. The highest BCUT2D eigenvalue weighted by Crippen LogP contribution is 2.18. The van der Waals surface area contributed by atoms with Crippen molar-refractivity contribution in [2.45, 2.75) is 38.9 Å². The maximum absolute atomic E-state index is 5.98. The van der Waals surface area contributed by atoms with E-state index in [1.54, 1.807) is 6.07 Å². The van der Waals surface area contributed by atoms with E-state index in [9.17, 15) is 0 Å². The Balaban J connectivity index is 1.67. The van der Waals surface area contributed by atoms with Crippen molar-refractivity contribution in [1.29, 1.82) is 0 Å². The number of hydrogen-bond donors (Lipinski definition) is 2. The Hall–Kier alpha value is -1.50. The normalized spacial score (nSPS) is 18.6. The highest BCUT2D eigenvalue weighted by Gasteiger charge is 2.15. The average Bonchev–Trinajstić information content (AvgIpc) is 3.12. The molecule has 6 nitrogen and oxygen atoms in total. The summed E-state index contributed by atoms with van der Waals surface area (Å²) in [6.07, 6.45) is 2.15. The molecule has 0 aromatic heterocycles. The van der Waals surface area contributed by atoms with E-state index in [1.165, 1.54) is 0 Å². The number of nitrogens with one attached hydrogen (secondary N) is 2. The number of halogens is 1. The van der Waals surface area contributed by atoms with Gasteiger partial charge in [0.1, 0.15) is 11.9 Å². The number of guanidine groups is 1. The summed E-state index contributed by atoms with van der Waals surface area (Å²) >= 11 is 5.98. The van der Waals surface area contributed by atoms with Gasteiger partial charge in [0.25, 0.3) is 0 Å². The smallest absolute Gasteiger partial charge is 0.191 e. The quantitative estimate of drug-likeness (QED) is 0.369. The molecule has 1 aromatic rings. The van der Waals surface area contributed by atoms with Gasteiger partial charge in [0.15, 0.2) is 5.96 Å². The summed E-state index contributed by atoms with van der Waals surface area (Å²) in [6.45, 7) is 8.48. The van der Waals surface area contributed by atoms with Gasteiger partial charge in [0, 0.05) is 31.3 Å². The lowest BCUT2D eigenvalue weighted by Crippen LogP contribution is -2.39. The summed E-state index contributed by atoms with van der Waals surface area (Å²) < 4.78 is 16.9. The van der Waals surface area contributed by atoms with Crippen LogP contribution in [-0.2, 0) is 9.47 Å². The molecular formula is C19H30ClN3O3. The lowest BCUT2D eigenvalue weighted by atomic mass is 10.3. The van der Waals surface area contributed by atoms with E-state index in [4.69, 9.17) is 25.8 Å². The molecule has 2 N–H and O–H groups in total. The molecular weight excluding hydrogens is 354 g/mol. The highest BCUT2D eigenvalue weighted by atomic mass is 35.5. The van der Waals surface area contributed by atoms with Crippen LogP contribution in [0.25, 0.3) is 0 Å². The van der Waals surface area contributed by atoms with E-state index in [0.717, 1.165) is 57.5 Å². The molecule has 26 heavy (non-hydrogen) atoms. The minimum absolute atomic E-state index is 0.0466. The Kier molecular flexibility index (Phi) is 9.60. The number of ether oxygens (including phenoxy) is 3. The minimum Gasteiger partial charge on any atom is -0.489 e. The van der Waals surface area contributed by atoms with E-state index in [2.05, 4.69) is 15.6 Å². The van der Waals surface area contributed by atoms with Crippen molar-refractivity contribution in [2.24, 2.45) is 4.99 Å². The predicted molar refractivity (Wildman–Crippen MR) is 105 cm³/mol. The molecule has 1 aliphatic rings. The van der Waals surface area contributed by atoms with Crippen LogP contribution < -0.4 is 15.4 Å². The molecule has 0 saturated carbocycles. The molecule has 1 fully saturated rings.